The van der Waals surface area contributed by atoms with Crippen molar-refractivity contribution in [3.8, 4) is 0 Å². The molecule has 0 saturated carbocycles. The molecule has 0 radical (unpaired) electrons. The van der Waals surface area contributed by atoms with Crippen LogP contribution in [-0.4, -0.2) is 78.9 Å². The van der Waals surface area contributed by atoms with Crippen LogP contribution in [-0.2, 0) is 4.79 Å². The Morgan fingerprint density at radius 3 is 2.44 bits per heavy atom. The number of hydrogen-bond acceptors (Lipinski definition) is 4. The number of rotatable bonds is 9. The molecular weight excluding hydrogens is 459 g/mol. The Kier molecular flexibility index (Phi) is 13.2. The van der Waals surface area contributed by atoms with E-state index in [2.05, 4.69) is 20.6 Å². The van der Waals surface area contributed by atoms with Crippen molar-refractivity contribution in [3.63, 3.8) is 0 Å². The van der Waals surface area contributed by atoms with Crippen molar-refractivity contribution in [1.82, 2.24) is 25.4 Å². The average Bonchev–Trinajstić information content (AvgIpc) is 2.65. The first kappa shape index (κ1) is 25.1. The Balaban J connectivity index is 0.00000676. The number of halogens is 1. The Labute approximate surface area is 178 Å². The van der Waals surface area contributed by atoms with Crippen LogP contribution < -0.4 is 10.6 Å². The smallest absolute Gasteiger partial charge is 0.252 e. The van der Waals surface area contributed by atoms with Crippen LogP contribution in [0.3, 0.4) is 0 Å². The Morgan fingerprint density at radius 1 is 1.19 bits per heavy atom. The molecule has 1 aromatic rings. The molecule has 2 N–H and O–H groups in total. The van der Waals surface area contributed by atoms with E-state index in [9.17, 15) is 9.59 Å². The van der Waals surface area contributed by atoms with E-state index >= 15 is 0 Å². The maximum absolute atomic E-state index is 12.2. The van der Waals surface area contributed by atoms with Gasteiger partial charge in [0, 0.05) is 45.6 Å². The predicted octanol–water partition coefficient (Wildman–Crippen LogP) is 1.20. The lowest BCUT2D eigenvalue weighted by Gasteiger charge is -2.25. The van der Waals surface area contributed by atoms with E-state index < -0.39 is 0 Å². The molecule has 0 aromatic carbocycles. The summed E-state index contributed by atoms with van der Waals surface area (Å²) in [6.45, 7) is 9.06. The fourth-order valence-corrected chi connectivity index (χ4v) is 2.35. The third kappa shape index (κ3) is 9.03. The number of aliphatic imine (C=N–C) groups is 1. The Hall–Kier alpha value is -1.91. The first-order chi connectivity index (χ1) is 12.5. The number of carbonyl (C=O) groups is 2. The van der Waals surface area contributed by atoms with Gasteiger partial charge >= 0.3 is 0 Å². The van der Waals surface area contributed by atoms with E-state index in [-0.39, 0.29) is 42.3 Å². The zero-order chi connectivity index (χ0) is 19.4. The van der Waals surface area contributed by atoms with Crippen molar-refractivity contribution in [1.29, 1.82) is 0 Å². The van der Waals surface area contributed by atoms with Gasteiger partial charge in [0.25, 0.3) is 5.91 Å². The first-order valence-electron chi connectivity index (χ1n) is 8.98. The number of carbonyl (C=O) groups excluding carboxylic acids is 2. The summed E-state index contributed by atoms with van der Waals surface area (Å²) in [7, 11) is 1.83. The van der Waals surface area contributed by atoms with Crippen LogP contribution in [0.2, 0.25) is 0 Å². The molecular formula is C18H31IN6O2. The zero-order valence-electron chi connectivity index (χ0n) is 16.6. The second-order valence-electron chi connectivity index (χ2n) is 5.66. The molecule has 8 nitrogen and oxygen atoms in total. The summed E-state index contributed by atoms with van der Waals surface area (Å²) in [6, 6.07) is 3.43. The van der Waals surface area contributed by atoms with Crippen LogP contribution in [0, 0.1) is 0 Å². The number of nitrogens with one attached hydrogen (secondary N) is 2. The lowest BCUT2D eigenvalue weighted by molar-refractivity contribution is -0.131. The molecule has 0 atom stereocenters. The highest BCUT2D eigenvalue weighted by Crippen LogP contribution is 1.95. The molecule has 0 saturated heterocycles. The molecule has 0 aliphatic carbocycles. The van der Waals surface area contributed by atoms with Gasteiger partial charge in [-0.25, -0.2) is 0 Å². The van der Waals surface area contributed by atoms with Crippen LogP contribution in [0.15, 0.2) is 29.5 Å². The molecule has 0 spiro atoms. The number of pyridine rings is 1. The van der Waals surface area contributed by atoms with Gasteiger partial charge in [0.05, 0.1) is 18.7 Å². The number of likely N-dealkylation sites (N-methyl/N-ethyl adjacent to an activating group) is 2. The summed E-state index contributed by atoms with van der Waals surface area (Å²) in [4.78, 5) is 36.2. The van der Waals surface area contributed by atoms with Crippen LogP contribution in [0.5, 0.6) is 0 Å². The van der Waals surface area contributed by atoms with E-state index in [4.69, 9.17) is 0 Å². The Morgan fingerprint density at radius 2 is 1.89 bits per heavy atom. The van der Waals surface area contributed by atoms with Crippen molar-refractivity contribution in [2.24, 2.45) is 4.99 Å². The topological polar surface area (TPSA) is 89.9 Å². The molecule has 0 bridgehead atoms. The molecule has 152 valence electrons. The van der Waals surface area contributed by atoms with Crippen LogP contribution >= 0.6 is 24.0 Å². The molecule has 0 aliphatic heterocycles. The first-order valence-corrected chi connectivity index (χ1v) is 8.98. The molecule has 27 heavy (non-hydrogen) atoms. The molecule has 1 aromatic heterocycles. The molecule has 9 heteroatoms. The molecule has 1 heterocycles. The van der Waals surface area contributed by atoms with Gasteiger partial charge in [-0.1, -0.05) is 0 Å². The van der Waals surface area contributed by atoms with E-state index in [1.165, 1.54) is 6.20 Å². The maximum Gasteiger partial charge on any atom is 0.252 e. The van der Waals surface area contributed by atoms with Crippen molar-refractivity contribution < 1.29 is 9.59 Å². The summed E-state index contributed by atoms with van der Waals surface area (Å²) in [5, 5.41) is 5.97. The molecule has 0 aliphatic rings. The third-order valence-electron chi connectivity index (χ3n) is 3.77. The van der Waals surface area contributed by atoms with Gasteiger partial charge in [0.2, 0.25) is 5.91 Å². The zero-order valence-corrected chi connectivity index (χ0v) is 18.9. The number of guanidine groups is 1. The largest absolute Gasteiger partial charge is 0.357 e. The van der Waals surface area contributed by atoms with E-state index in [0.717, 1.165) is 0 Å². The van der Waals surface area contributed by atoms with Gasteiger partial charge in [-0.15, -0.1) is 24.0 Å². The highest BCUT2D eigenvalue weighted by molar-refractivity contribution is 14.0. The third-order valence-corrected chi connectivity index (χ3v) is 3.77. The fourth-order valence-electron chi connectivity index (χ4n) is 2.35. The van der Waals surface area contributed by atoms with Crippen LogP contribution in [0.25, 0.3) is 0 Å². The summed E-state index contributed by atoms with van der Waals surface area (Å²) in [5.41, 5.74) is 0.519. The average molecular weight is 490 g/mol. The predicted molar refractivity (Wildman–Crippen MR) is 119 cm³/mol. The molecule has 0 fully saturated rings. The molecule has 2 amide bonds. The van der Waals surface area contributed by atoms with Gasteiger partial charge in [-0.05, 0) is 32.9 Å². The minimum atomic E-state index is -0.177. The van der Waals surface area contributed by atoms with Crippen molar-refractivity contribution in [2.45, 2.75) is 20.8 Å². The molecule has 1 rings (SSSR count). The minimum Gasteiger partial charge on any atom is -0.357 e. The summed E-state index contributed by atoms with van der Waals surface area (Å²) >= 11 is 0. The van der Waals surface area contributed by atoms with Crippen molar-refractivity contribution >= 4 is 41.8 Å². The van der Waals surface area contributed by atoms with Crippen LogP contribution in [0.4, 0.5) is 0 Å². The summed E-state index contributed by atoms with van der Waals surface area (Å²) < 4.78 is 0. The maximum atomic E-state index is 12.2. The molecule has 0 unspecified atom stereocenters. The Bertz CT molecular complexity index is 593. The normalized spacial score (nSPS) is 10.6. The van der Waals surface area contributed by atoms with E-state index in [1.807, 2.05) is 27.8 Å². The monoisotopic (exact) mass is 490 g/mol. The van der Waals surface area contributed by atoms with Gasteiger partial charge in [-0.2, -0.15) is 0 Å². The van der Waals surface area contributed by atoms with Gasteiger partial charge in [0.1, 0.15) is 0 Å². The SMILES string of the molecule is CCNC(=NCCNC(=O)c1cccnc1)N(C)CC(=O)N(CC)CC.I. The number of aromatic nitrogens is 1. The minimum absolute atomic E-state index is 0. The second-order valence-corrected chi connectivity index (χ2v) is 5.66. The van der Waals surface area contributed by atoms with Crippen molar-refractivity contribution in [2.75, 3.05) is 46.3 Å². The van der Waals surface area contributed by atoms with Gasteiger partial charge in [-0.3, -0.25) is 19.6 Å². The van der Waals surface area contributed by atoms with Gasteiger partial charge < -0.3 is 20.4 Å². The summed E-state index contributed by atoms with van der Waals surface area (Å²) in [5.74, 6) is 0.528. The summed E-state index contributed by atoms with van der Waals surface area (Å²) in [6.07, 6.45) is 3.15. The van der Waals surface area contributed by atoms with Crippen molar-refractivity contribution in [3.05, 3.63) is 30.1 Å². The van der Waals surface area contributed by atoms with E-state index in [1.54, 1.807) is 28.1 Å². The fraction of sp³-hybridized carbons (Fsp3) is 0.556. The lowest BCUT2D eigenvalue weighted by Crippen LogP contribution is -2.46. The number of nitrogens with zero attached hydrogens (tertiary/aromatic N) is 4. The quantitative estimate of drug-likeness (QED) is 0.235. The van der Waals surface area contributed by atoms with Crippen LogP contribution in [0.1, 0.15) is 31.1 Å². The van der Waals surface area contributed by atoms with Gasteiger partial charge in [0.15, 0.2) is 5.96 Å². The standard InChI is InChI=1S/C18H30N6O2.HI/c1-5-20-18(23(4)14-16(25)24(6-2)7-3)22-12-11-21-17(26)15-9-8-10-19-13-15;/h8-10,13H,5-7,11-12,14H2,1-4H3,(H,20,22)(H,21,26);1H. The number of hydrogen-bond donors (Lipinski definition) is 2. The van der Waals surface area contributed by atoms with E-state index in [0.29, 0.717) is 44.2 Å². The highest BCUT2D eigenvalue weighted by atomic mass is 127. The second kappa shape index (κ2) is 14.2. The lowest BCUT2D eigenvalue weighted by atomic mass is 10.3. The number of amides is 2. The highest BCUT2D eigenvalue weighted by Gasteiger charge is 2.14.